The Morgan fingerprint density at radius 2 is 1.86 bits per heavy atom. The van der Waals surface area contributed by atoms with Crippen LogP contribution in [0.3, 0.4) is 0 Å². The maximum Gasteiger partial charge on any atom is 0.313 e. The maximum atomic E-state index is 12.6. The van der Waals surface area contributed by atoms with Gasteiger partial charge < -0.3 is 19.1 Å². The SMILES string of the molecule is COc1ccc([C@@]23CC=C(OC(=O)C4CCCCC4)C[C@@H]2N(C)CC3)cc1OC. The van der Waals surface area contributed by atoms with Gasteiger partial charge in [0.15, 0.2) is 11.5 Å². The summed E-state index contributed by atoms with van der Waals surface area (Å²) in [5, 5.41) is 0. The van der Waals surface area contributed by atoms with E-state index in [4.69, 9.17) is 14.2 Å². The molecule has 2 atom stereocenters. The molecule has 0 amide bonds. The van der Waals surface area contributed by atoms with Gasteiger partial charge >= 0.3 is 5.97 Å². The van der Waals surface area contributed by atoms with Gasteiger partial charge in [0.2, 0.25) is 0 Å². The molecule has 29 heavy (non-hydrogen) atoms. The highest BCUT2D eigenvalue weighted by atomic mass is 16.5. The number of nitrogens with zero attached hydrogens (tertiary/aromatic N) is 1. The van der Waals surface area contributed by atoms with Crippen LogP contribution in [-0.2, 0) is 14.9 Å². The summed E-state index contributed by atoms with van der Waals surface area (Å²) in [5.74, 6) is 2.45. The second-order valence-corrected chi connectivity index (χ2v) is 8.81. The second kappa shape index (κ2) is 8.39. The smallest absolute Gasteiger partial charge is 0.313 e. The number of fused-ring (bicyclic) bond motifs is 1. The molecule has 1 saturated carbocycles. The Labute approximate surface area is 174 Å². The number of likely N-dealkylation sites (N-methyl/N-ethyl adjacent to an activating group) is 1. The Morgan fingerprint density at radius 1 is 1.10 bits per heavy atom. The molecule has 0 radical (unpaired) electrons. The van der Waals surface area contributed by atoms with Crippen molar-refractivity contribution < 1.29 is 19.0 Å². The van der Waals surface area contributed by atoms with Crippen LogP contribution in [0.5, 0.6) is 11.5 Å². The van der Waals surface area contributed by atoms with Crippen molar-refractivity contribution in [1.82, 2.24) is 4.90 Å². The van der Waals surface area contributed by atoms with Gasteiger partial charge in [-0.15, -0.1) is 0 Å². The average molecular weight is 400 g/mol. The van der Waals surface area contributed by atoms with Crippen LogP contribution in [0.1, 0.15) is 56.9 Å². The third kappa shape index (κ3) is 3.77. The number of allylic oxidation sites excluding steroid dienone is 1. The summed E-state index contributed by atoms with van der Waals surface area (Å²) in [6.07, 6.45) is 10.4. The summed E-state index contributed by atoms with van der Waals surface area (Å²) < 4.78 is 16.9. The normalized spacial score (nSPS) is 27.8. The van der Waals surface area contributed by atoms with Crippen molar-refractivity contribution in [3.8, 4) is 11.5 Å². The zero-order valence-corrected chi connectivity index (χ0v) is 17.9. The summed E-state index contributed by atoms with van der Waals surface area (Å²) in [7, 11) is 5.53. The topological polar surface area (TPSA) is 48.0 Å². The highest BCUT2D eigenvalue weighted by molar-refractivity contribution is 5.73. The van der Waals surface area contributed by atoms with Gasteiger partial charge in [-0.05, 0) is 63.0 Å². The zero-order valence-electron chi connectivity index (χ0n) is 17.9. The summed E-state index contributed by atoms with van der Waals surface area (Å²) in [4.78, 5) is 15.1. The highest BCUT2D eigenvalue weighted by Gasteiger charge is 2.49. The minimum absolute atomic E-state index is 0.0183. The van der Waals surface area contributed by atoms with Crippen LogP contribution in [0, 0.1) is 5.92 Å². The number of carbonyl (C=O) groups is 1. The van der Waals surface area contributed by atoms with E-state index in [0.717, 1.165) is 68.7 Å². The lowest BCUT2D eigenvalue weighted by molar-refractivity contribution is -0.146. The number of benzene rings is 1. The van der Waals surface area contributed by atoms with Gasteiger partial charge in [-0.3, -0.25) is 4.79 Å². The van der Waals surface area contributed by atoms with E-state index in [2.05, 4.69) is 30.2 Å². The van der Waals surface area contributed by atoms with Crippen LogP contribution in [0.15, 0.2) is 30.0 Å². The molecule has 1 aliphatic heterocycles. The average Bonchev–Trinajstić information content (AvgIpc) is 3.11. The van der Waals surface area contributed by atoms with E-state index in [9.17, 15) is 4.79 Å². The van der Waals surface area contributed by atoms with Crippen molar-refractivity contribution >= 4 is 5.97 Å². The molecule has 5 nitrogen and oxygen atoms in total. The first-order valence-electron chi connectivity index (χ1n) is 10.9. The largest absolute Gasteiger partial charge is 0.493 e. The molecule has 0 aromatic heterocycles. The molecule has 0 bridgehead atoms. The number of likely N-dealkylation sites (tertiary alicyclic amines) is 1. The van der Waals surface area contributed by atoms with E-state index in [1.165, 1.54) is 12.0 Å². The van der Waals surface area contributed by atoms with E-state index < -0.39 is 0 Å². The van der Waals surface area contributed by atoms with Gasteiger partial charge in [-0.25, -0.2) is 0 Å². The minimum atomic E-state index is -0.0183. The van der Waals surface area contributed by atoms with Crippen LogP contribution in [-0.4, -0.2) is 44.7 Å². The Balaban J connectivity index is 1.56. The van der Waals surface area contributed by atoms with Crippen molar-refractivity contribution in [1.29, 1.82) is 0 Å². The second-order valence-electron chi connectivity index (χ2n) is 8.81. The minimum Gasteiger partial charge on any atom is -0.493 e. The predicted molar refractivity (Wildman–Crippen MR) is 112 cm³/mol. The third-order valence-electron chi connectivity index (χ3n) is 7.30. The number of hydrogen-bond acceptors (Lipinski definition) is 5. The molecule has 3 aliphatic rings. The molecule has 1 aromatic carbocycles. The number of ether oxygens (including phenoxy) is 3. The molecule has 1 saturated heterocycles. The van der Waals surface area contributed by atoms with Gasteiger partial charge in [-0.1, -0.05) is 25.3 Å². The highest BCUT2D eigenvalue weighted by Crippen LogP contribution is 2.49. The van der Waals surface area contributed by atoms with E-state index in [0.29, 0.717) is 6.04 Å². The third-order valence-corrected chi connectivity index (χ3v) is 7.30. The first-order valence-corrected chi connectivity index (χ1v) is 10.9. The van der Waals surface area contributed by atoms with E-state index >= 15 is 0 Å². The summed E-state index contributed by atoms with van der Waals surface area (Å²) in [6, 6.07) is 6.61. The molecule has 0 unspecified atom stereocenters. The first-order chi connectivity index (χ1) is 14.1. The van der Waals surface area contributed by atoms with Crippen molar-refractivity contribution in [2.45, 2.75) is 62.8 Å². The van der Waals surface area contributed by atoms with Crippen molar-refractivity contribution in [2.75, 3.05) is 27.8 Å². The lowest BCUT2D eigenvalue weighted by Gasteiger charge is -2.41. The fourth-order valence-electron chi connectivity index (χ4n) is 5.51. The standard InChI is InChI=1S/C24H33NO4/c1-25-14-13-24(18-9-10-20(27-2)21(15-18)28-3)12-11-19(16-22(24)25)29-23(26)17-7-5-4-6-8-17/h9-11,15,17,22H,4-8,12-14,16H2,1-3H3/t22-,24-/m0/s1. The molecule has 158 valence electrons. The van der Waals surface area contributed by atoms with E-state index in [-0.39, 0.29) is 17.3 Å². The predicted octanol–water partition coefficient (Wildman–Crippen LogP) is 4.45. The first kappa shape index (κ1) is 20.3. The van der Waals surface area contributed by atoms with Crippen LogP contribution >= 0.6 is 0 Å². The Bertz CT molecular complexity index is 783. The van der Waals surface area contributed by atoms with Gasteiger partial charge in [0, 0.05) is 17.9 Å². The number of methoxy groups -OCH3 is 2. The molecule has 2 fully saturated rings. The molecule has 2 aliphatic carbocycles. The van der Waals surface area contributed by atoms with Gasteiger partial charge in [0.1, 0.15) is 5.76 Å². The van der Waals surface area contributed by atoms with Crippen LogP contribution in [0.25, 0.3) is 0 Å². The van der Waals surface area contributed by atoms with Crippen molar-refractivity contribution in [3.63, 3.8) is 0 Å². The van der Waals surface area contributed by atoms with Crippen molar-refractivity contribution in [3.05, 3.63) is 35.6 Å². The molecule has 1 aromatic rings. The lowest BCUT2D eigenvalue weighted by Crippen LogP contribution is -2.43. The number of rotatable bonds is 5. The quantitative estimate of drug-likeness (QED) is 0.685. The van der Waals surface area contributed by atoms with Gasteiger partial charge in [-0.2, -0.15) is 0 Å². The Hall–Kier alpha value is -2.01. The molecule has 0 spiro atoms. The Kier molecular flexibility index (Phi) is 5.86. The summed E-state index contributed by atoms with van der Waals surface area (Å²) in [5.41, 5.74) is 1.30. The Morgan fingerprint density at radius 3 is 2.59 bits per heavy atom. The zero-order chi connectivity index (χ0) is 20.4. The number of hydrogen-bond donors (Lipinski definition) is 0. The van der Waals surface area contributed by atoms with Gasteiger partial charge in [0.05, 0.1) is 20.1 Å². The summed E-state index contributed by atoms with van der Waals surface area (Å²) in [6.45, 7) is 1.04. The lowest BCUT2D eigenvalue weighted by atomic mass is 9.68. The van der Waals surface area contributed by atoms with Crippen LogP contribution in [0.2, 0.25) is 0 Å². The fourth-order valence-corrected chi connectivity index (χ4v) is 5.51. The van der Waals surface area contributed by atoms with Crippen LogP contribution in [0.4, 0.5) is 0 Å². The monoisotopic (exact) mass is 399 g/mol. The van der Waals surface area contributed by atoms with E-state index in [1.54, 1.807) is 14.2 Å². The summed E-state index contributed by atoms with van der Waals surface area (Å²) >= 11 is 0. The number of esters is 1. The fraction of sp³-hybridized carbons (Fsp3) is 0.625. The molecule has 4 rings (SSSR count). The molecule has 0 N–H and O–H groups in total. The van der Waals surface area contributed by atoms with Crippen molar-refractivity contribution in [2.24, 2.45) is 5.92 Å². The molecule has 5 heteroatoms. The van der Waals surface area contributed by atoms with Crippen LogP contribution < -0.4 is 9.47 Å². The number of carbonyl (C=O) groups excluding carboxylic acids is 1. The maximum absolute atomic E-state index is 12.6. The molecular formula is C24H33NO4. The van der Waals surface area contributed by atoms with Gasteiger partial charge in [0.25, 0.3) is 0 Å². The van der Waals surface area contributed by atoms with E-state index in [1.807, 2.05) is 6.07 Å². The molecular weight excluding hydrogens is 366 g/mol. The molecule has 1 heterocycles.